The molecule has 3 nitrogen and oxygen atoms in total. The number of hydrogen-bond donors (Lipinski definition) is 1. The maximum absolute atomic E-state index is 9.80. The van der Waals surface area contributed by atoms with E-state index in [1.807, 2.05) is 12.1 Å². The topological polar surface area (TPSA) is 38.7 Å². The summed E-state index contributed by atoms with van der Waals surface area (Å²) in [4.78, 5) is 0. The zero-order valence-corrected chi connectivity index (χ0v) is 12.2. The Balaban J connectivity index is 2.20. The first-order valence-electron chi connectivity index (χ1n) is 6.06. The molecule has 2 aromatic carbocycles. The van der Waals surface area contributed by atoms with Crippen molar-refractivity contribution in [3.05, 3.63) is 45.9 Å². The van der Waals surface area contributed by atoms with Crippen LogP contribution in [0.25, 0.3) is 11.1 Å². The van der Waals surface area contributed by atoms with Crippen LogP contribution in [0, 0.1) is 0 Å². The molecule has 3 rings (SSSR count). The minimum Gasteiger partial charge on any atom is -0.496 e. The third-order valence-corrected chi connectivity index (χ3v) is 3.89. The summed E-state index contributed by atoms with van der Waals surface area (Å²) in [6.07, 6.45) is 0. The monoisotopic (exact) mass is 308 g/mol. The molecule has 0 spiro atoms. The highest BCUT2D eigenvalue weighted by Gasteiger charge is 2.29. The standard InChI is InChI=1S/C14H11BCl2O3/c1-19-14-3-2-9(16)5-11(14)10-6-12-8(4-13(10)17)7-20-15(12)18/h2-6,18H,7H2,1H3. The highest BCUT2D eigenvalue weighted by molar-refractivity contribution is 6.61. The van der Waals surface area contributed by atoms with Gasteiger partial charge in [0.25, 0.3) is 0 Å². The molecule has 0 aliphatic carbocycles. The van der Waals surface area contributed by atoms with Crippen molar-refractivity contribution < 1.29 is 14.4 Å². The summed E-state index contributed by atoms with van der Waals surface area (Å²) < 4.78 is 10.5. The number of benzene rings is 2. The molecule has 0 saturated carbocycles. The van der Waals surface area contributed by atoms with Crippen molar-refractivity contribution in [3.8, 4) is 16.9 Å². The predicted octanol–water partition coefficient (Wildman–Crippen LogP) is 2.89. The zero-order valence-electron chi connectivity index (χ0n) is 10.7. The van der Waals surface area contributed by atoms with Gasteiger partial charge in [0.2, 0.25) is 0 Å². The van der Waals surface area contributed by atoms with Gasteiger partial charge in [0, 0.05) is 21.2 Å². The van der Waals surface area contributed by atoms with E-state index in [0.29, 0.717) is 22.4 Å². The Morgan fingerprint density at radius 1 is 1.20 bits per heavy atom. The number of hydrogen-bond acceptors (Lipinski definition) is 3. The molecule has 102 valence electrons. The molecule has 0 saturated heterocycles. The highest BCUT2D eigenvalue weighted by Crippen LogP contribution is 2.37. The molecular weight excluding hydrogens is 298 g/mol. The molecule has 6 heteroatoms. The molecular formula is C14H11BCl2O3. The fraction of sp³-hybridized carbons (Fsp3) is 0.143. The first-order valence-corrected chi connectivity index (χ1v) is 6.81. The average molecular weight is 309 g/mol. The number of fused-ring (bicyclic) bond motifs is 1. The van der Waals surface area contributed by atoms with Crippen LogP contribution >= 0.6 is 23.2 Å². The van der Waals surface area contributed by atoms with E-state index < -0.39 is 7.12 Å². The second-order valence-electron chi connectivity index (χ2n) is 4.54. The van der Waals surface area contributed by atoms with E-state index in [0.717, 1.165) is 22.2 Å². The molecule has 0 atom stereocenters. The van der Waals surface area contributed by atoms with Crippen molar-refractivity contribution in [2.45, 2.75) is 6.61 Å². The number of halogens is 2. The minimum absolute atomic E-state index is 0.364. The third-order valence-electron chi connectivity index (χ3n) is 3.34. The Morgan fingerprint density at radius 2 is 2.00 bits per heavy atom. The quantitative estimate of drug-likeness (QED) is 0.867. The van der Waals surface area contributed by atoms with Crippen LogP contribution in [0.1, 0.15) is 5.56 Å². The summed E-state index contributed by atoms with van der Waals surface area (Å²) in [5.74, 6) is 0.671. The van der Waals surface area contributed by atoms with Gasteiger partial charge in [0.15, 0.2) is 0 Å². The van der Waals surface area contributed by atoms with Gasteiger partial charge in [0.1, 0.15) is 5.75 Å². The van der Waals surface area contributed by atoms with E-state index in [1.54, 1.807) is 25.3 Å². The maximum Gasteiger partial charge on any atom is 0.491 e. The van der Waals surface area contributed by atoms with E-state index in [2.05, 4.69) is 0 Å². The van der Waals surface area contributed by atoms with Gasteiger partial charge in [-0.15, -0.1) is 0 Å². The van der Waals surface area contributed by atoms with E-state index in [1.165, 1.54) is 0 Å². The van der Waals surface area contributed by atoms with Crippen LogP contribution in [0.5, 0.6) is 5.75 Å². The Bertz CT molecular complexity index is 676. The molecule has 20 heavy (non-hydrogen) atoms. The molecule has 1 heterocycles. The lowest BCUT2D eigenvalue weighted by molar-refractivity contribution is 0.275. The predicted molar refractivity (Wildman–Crippen MR) is 80.8 cm³/mol. The van der Waals surface area contributed by atoms with Gasteiger partial charge in [-0.1, -0.05) is 29.3 Å². The molecule has 1 aliphatic rings. The van der Waals surface area contributed by atoms with E-state index in [-0.39, 0.29) is 0 Å². The van der Waals surface area contributed by atoms with Crippen molar-refractivity contribution >= 4 is 35.8 Å². The zero-order chi connectivity index (χ0) is 14.3. The van der Waals surface area contributed by atoms with Crippen molar-refractivity contribution in [2.75, 3.05) is 7.11 Å². The lowest BCUT2D eigenvalue weighted by atomic mass is 9.78. The molecule has 0 bridgehead atoms. The smallest absolute Gasteiger partial charge is 0.491 e. The first kappa shape index (κ1) is 13.8. The largest absolute Gasteiger partial charge is 0.496 e. The molecule has 0 radical (unpaired) electrons. The minimum atomic E-state index is -0.911. The summed E-state index contributed by atoms with van der Waals surface area (Å²) in [6, 6.07) is 8.96. The van der Waals surface area contributed by atoms with Crippen LogP contribution in [0.4, 0.5) is 0 Å². The van der Waals surface area contributed by atoms with Gasteiger partial charge in [0.05, 0.1) is 13.7 Å². The van der Waals surface area contributed by atoms with Crippen LogP contribution in [0.15, 0.2) is 30.3 Å². The van der Waals surface area contributed by atoms with Crippen LogP contribution < -0.4 is 10.2 Å². The molecule has 0 fully saturated rings. The van der Waals surface area contributed by atoms with Gasteiger partial charge >= 0.3 is 7.12 Å². The summed E-state index contributed by atoms with van der Waals surface area (Å²) >= 11 is 12.4. The summed E-state index contributed by atoms with van der Waals surface area (Å²) in [7, 11) is 0.678. The number of ether oxygens (including phenoxy) is 1. The summed E-state index contributed by atoms with van der Waals surface area (Å²) in [6.45, 7) is 0.364. The summed E-state index contributed by atoms with van der Waals surface area (Å²) in [5.41, 5.74) is 3.17. The number of methoxy groups -OCH3 is 1. The van der Waals surface area contributed by atoms with Crippen molar-refractivity contribution in [1.29, 1.82) is 0 Å². The van der Waals surface area contributed by atoms with Crippen LogP contribution in [-0.4, -0.2) is 19.3 Å². The van der Waals surface area contributed by atoms with E-state index in [4.69, 9.17) is 32.6 Å². The van der Waals surface area contributed by atoms with Crippen molar-refractivity contribution in [3.63, 3.8) is 0 Å². The van der Waals surface area contributed by atoms with E-state index in [9.17, 15) is 5.02 Å². The molecule has 1 aliphatic heterocycles. The van der Waals surface area contributed by atoms with Crippen molar-refractivity contribution in [2.24, 2.45) is 0 Å². The Labute approximate surface area is 127 Å². The fourth-order valence-electron chi connectivity index (χ4n) is 2.34. The van der Waals surface area contributed by atoms with Crippen LogP contribution in [0.3, 0.4) is 0 Å². The van der Waals surface area contributed by atoms with Crippen LogP contribution in [0.2, 0.25) is 10.0 Å². The second kappa shape index (κ2) is 5.30. The Morgan fingerprint density at radius 3 is 2.75 bits per heavy atom. The SMILES string of the molecule is COc1ccc(Cl)cc1-c1cc2c(cc1Cl)COB2O. The van der Waals surface area contributed by atoms with Crippen LogP contribution in [-0.2, 0) is 11.3 Å². The Hall–Kier alpha value is -1.20. The van der Waals surface area contributed by atoms with E-state index >= 15 is 0 Å². The first-order chi connectivity index (χ1) is 9.60. The van der Waals surface area contributed by atoms with Gasteiger partial charge in [-0.3, -0.25) is 0 Å². The normalized spacial score (nSPS) is 13.5. The molecule has 1 N–H and O–H groups in total. The lowest BCUT2D eigenvalue weighted by Gasteiger charge is -2.12. The third kappa shape index (κ3) is 2.29. The highest BCUT2D eigenvalue weighted by atomic mass is 35.5. The molecule has 2 aromatic rings. The molecule has 0 unspecified atom stereocenters. The fourth-order valence-corrected chi connectivity index (χ4v) is 2.80. The molecule has 0 aromatic heterocycles. The van der Waals surface area contributed by atoms with Gasteiger partial charge in [-0.25, -0.2) is 0 Å². The average Bonchev–Trinajstić information content (AvgIpc) is 2.78. The molecule has 0 amide bonds. The van der Waals surface area contributed by atoms with Crippen molar-refractivity contribution in [1.82, 2.24) is 0 Å². The number of rotatable bonds is 2. The second-order valence-corrected chi connectivity index (χ2v) is 5.38. The Kier molecular flexibility index (Phi) is 3.65. The summed E-state index contributed by atoms with van der Waals surface area (Å²) in [5, 5.41) is 11.0. The lowest BCUT2D eigenvalue weighted by Crippen LogP contribution is -2.28. The van der Waals surface area contributed by atoms with Gasteiger partial charge in [-0.05, 0) is 35.3 Å². The van der Waals surface area contributed by atoms with Gasteiger partial charge in [-0.2, -0.15) is 0 Å². The maximum atomic E-state index is 9.80. The van der Waals surface area contributed by atoms with Gasteiger partial charge < -0.3 is 14.4 Å².